The lowest BCUT2D eigenvalue weighted by Crippen LogP contribution is -2.44. The second kappa shape index (κ2) is 9.72. The largest absolute Gasteiger partial charge is 0.480 e. The Kier molecular flexibility index (Phi) is 7.35. The Balaban J connectivity index is 1.87. The van der Waals surface area contributed by atoms with Crippen molar-refractivity contribution in [3.63, 3.8) is 0 Å². The van der Waals surface area contributed by atoms with Gasteiger partial charge in [-0.15, -0.1) is 0 Å². The van der Waals surface area contributed by atoms with Crippen LogP contribution in [0.15, 0.2) is 42.9 Å². The predicted molar refractivity (Wildman–Crippen MR) is 103 cm³/mol. The van der Waals surface area contributed by atoms with E-state index >= 15 is 0 Å². The first-order chi connectivity index (χ1) is 13.6. The Morgan fingerprint density at radius 1 is 1.21 bits per heavy atom. The Morgan fingerprint density at radius 3 is 2.52 bits per heavy atom. The highest BCUT2D eigenvalue weighted by molar-refractivity contribution is 5.80. The molecule has 2 aromatic rings. The van der Waals surface area contributed by atoms with E-state index in [9.17, 15) is 19.5 Å². The number of nitrogens with zero attached hydrogens (tertiary/aromatic N) is 2. The fourth-order valence-electron chi connectivity index (χ4n) is 2.39. The van der Waals surface area contributed by atoms with E-state index in [2.05, 4.69) is 10.3 Å². The highest BCUT2D eigenvalue weighted by Crippen LogP contribution is 2.08. The van der Waals surface area contributed by atoms with Crippen LogP contribution < -0.4 is 5.32 Å². The van der Waals surface area contributed by atoms with Crippen LogP contribution in [0.1, 0.15) is 32.0 Å². The van der Waals surface area contributed by atoms with E-state index in [4.69, 9.17) is 9.47 Å². The fraction of sp³-hybridized carbons (Fsp3) is 0.400. The zero-order chi connectivity index (χ0) is 21.4. The van der Waals surface area contributed by atoms with Gasteiger partial charge in [-0.2, -0.15) is 0 Å². The molecule has 156 valence electrons. The molecule has 0 saturated heterocycles. The van der Waals surface area contributed by atoms with Crippen molar-refractivity contribution in [1.29, 1.82) is 0 Å². The lowest BCUT2D eigenvalue weighted by molar-refractivity contribution is -0.145. The minimum atomic E-state index is -1.22. The molecule has 1 aromatic heterocycles. The number of hydrogen-bond acceptors (Lipinski definition) is 6. The van der Waals surface area contributed by atoms with Crippen molar-refractivity contribution >= 4 is 18.0 Å². The molecule has 2 rings (SSSR count). The number of carbonyl (C=O) groups excluding carboxylic acids is 2. The van der Waals surface area contributed by atoms with E-state index < -0.39 is 29.7 Å². The molecule has 0 aliphatic heterocycles. The van der Waals surface area contributed by atoms with Crippen LogP contribution in [0, 0.1) is 0 Å². The third kappa shape index (κ3) is 8.04. The number of ether oxygens (including phenoxy) is 2. The van der Waals surface area contributed by atoms with Crippen LogP contribution in [0.2, 0.25) is 0 Å². The first kappa shape index (κ1) is 21.9. The molecule has 2 N–H and O–H groups in total. The van der Waals surface area contributed by atoms with Gasteiger partial charge in [-0.3, -0.25) is 4.79 Å². The molecule has 29 heavy (non-hydrogen) atoms. The van der Waals surface area contributed by atoms with Gasteiger partial charge in [-0.1, -0.05) is 30.3 Å². The van der Waals surface area contributed by atoms with Crippen LogP contribution in [0.3, 0.4) is 0 Å². The van der Waals surface area contributed by atoms with Crippen LogP contribution >= 0.6 is 0 Å². The molecule has 1 amide bonds. The summed E-state index contributed by atoms with van der Waals surface area (Å²) in [5.74, 6) is -1.66. The fourth-order valence-corrected chi connectivity index (χ4v) is 2.39. The van der Waals surface area contributed by atoms with Crippen LogP contribution in [0.4, 0.5) is 4.79 Å². The molecule has 9 nitrogen and oxygen atoms in total. The van der Waals surface area contributed by atoms with Crippen LogP contribution in [-0.2, 0) is 38.6 Å². The third-order valence-corrected chi connectivity index (χ3v) is 3.64. The van der Waals surface area contributed by atoms with E-state index in [0.29, 0.717) is 5.69 Å². The van der Waals surface area contributed by atoms with Crippen LogP contribution in [-0.4, -0.2) is 44.3 Å². The Morgan fingerprint density at radius 2 is 1.90 bits per heavy atom. The number of aromatic nitrogens is 2. The maximum absolute atomic E-state index is 12.0. The molecule has 0 saturated carbocycles. The van der Waals surface area contributed by atoms with Gasteiger partial charge in [0.1, 0.15) is 24.8 Å². The molecule has 0 aliphatic carbocycles. The average molecular weight is 403 g/mol. The summed E-state index contributed by atoms with van der Waals surface area (Å²) < 4.78 is 11.8. The van der Waals surface area contributed by atoms with Gasteiger partial charge in [0.25, 0.3) is 0 Å². The predicted octanol–water partition coefficient (Wildman–Crippen LogP) is 2.15. The summed E-state index contributed by atoms with van der Waals surface area (Å²) in [6, 6.07) is 8.09. The van der Waals surface area contributed by atoms with Crippen LogP contribution in [0.5, 0.6) is 0 Å². The number of alkyl carbamates (subject to hydrolysis) is 1. The first-order valence-corrected chi connectivity index (χ1v) is 9.05. The average Bonchev–Trinajstić information content (AvgIpc) is 3.05. The van der Waals surface area contributed by atoms with Crippen LogP contribution in [0.25, 0.3) is 0 Å². The van der Waals surface area contributed by atoms with Crippen molar-refractivity contribution < 1.29 is 29.0 Å². The molecule has 0 bridgehead atoms. The summed E-state index contributed by atoms with van der Waals surface area (Å²) in [6.07, 6.45) is 2.07. The summed E-state index contributed by atoms with van der Waals surface area (Å²) in [5, 5.41) is 11.6. The van der Waals surface area contributed by atoms with Gasteiger partial charge in [-0.25, -0.2) is 14.6 Å². The summed E-state index contributed by atoms with van der Waals surface area (Å²) in [4.78, 5) is 39.3. The van der Waals surface area contributed by atoms with Gasteiger partial charge in [0.05, 0.1) is 12.0 Å². The number of imidazole rings is 1. The molecule has 9 heteroatoms. The van der Waals surface area contributed by atoms with E-state index in [-0.39, 0.29) is 19.6 Å². The monoisotopic (exact) mass is 403 g/mol. The third-order valence-electron chi connectivity index (χ3n) is 3.64. The number of nitrogens with one attached hydrogen (secondary N) is 1. The first-order valence-electron chi connectivity index (χ1n) is 9.05. The molecule has 0 radical (unpaired) electrons. The highest BCUT2D eigenvalue weighted by atomic mass is 16.6. The molecular formula is C20H25N3O6. The topological polar surface area (TPSA) is 120 Å². The van der Waals surface area contributed by atoms with E-state index in [1.54, 1.807) is 20.8 Å². The van der Waals surface area contributed by atoms with Gasteiger partial charge < -0.3 is 24.5 Å². The minimum Gasteiger partial charge on any atom is -0.480 e. The molecule has 1 aromatic carbocycles. The Labute approximate surface area is 168 Å². The Bertz CT molecular complexity index is 841. The number of esters is 1. The van der Waals surface area contributed by atoms with Crippen molar-refractivity contribution in [2.75, 3.05) is 0 Å². The molecule has 0 spiro atoms. The molecule has 1 heterocycles. The quantitative estimate of drug-likeness (QED) is 0.648. The molecular weight excluding hydrogens is 378 g/mol. The van der Waals surface area contributed by atoms with Crippen molar-refractivity contribution in [3.8, 4) is 0 Å². The second-order valence-electron chi connectivity index (χ2n) is 7.42. The smallest absolute Gasteiger partial charge is 0.408 e. The summed E-state index contributed by atoms with van der Waals surface area (Å²) in [7, 11) is 0. The lowest BCUT2D eigenvalue weighted by atomic mass is 10.1. The van der Waals surface area contributed by atoms with Crippen molar-refractivity contribution in [3.05, 3.63) is 54.1 Å². The molecule has 0 unspecified atom stereocenters. The van der Waals surface area contributed by atoms with Gasteiger partial charge in [0.15, 0.2) is 0 Å². The maximum Gasteiger partial charge on any atom is 0.408 e. The Hall–Kier alpha value is -3.36. The summed E-state index contributed by atoms with van der Waals surface area (Å²) >= 11 is 0. The van der Waals surface area contributed by atoms with Crippen molar-refractivity contribution in [2.45, 2.75) is 52.0 Å². The lowest BCUT2D eigenvalue weighted by Gasteiger charge is -2.21. The van der Waals surface area contributed by atoms with Gasteiger partial charge >= 0.3 is 18.0 Å². The molecule has 0 aliphatic rings. The number of aliphatic carboxylic acids is 1. The molecule has 0 fully saturated rings. The normalized spacial score (nSPS) is 12.1. The number of benzene rings is 1. The van der Waals surface area contributed by atoms with Crippen molar-refractivity contribution in [2.24, 2.45) is 0 Å². The SMILES string of the molecule is CC(C)(C)OC(=O)N[C@@H](Cc1cn(CC(=O)OCc2ccccc2)cn1)C(=O)O. The molecule has 1 atom stereocenters. The van der Waals surface area contributed by atoms with Gasteiger partial charge in [0, 0.05) is 12.6 Å². The van der Waals surface area contributed by atoms with Crippen molar-refractivity contribution in [1.82, 2.24) is 14.9 Å². The number of carboxylic acids is 1. The maximum atomic E-state index is 12.0. The number of rotatable bonds is 8. The number of carbonyl (C=O) groups is 3. The van der Waals surface area contributed by atoms with Gasteiger partial charge in [0.2, 0.25) is 0 Å². The minimum absolute atomic E-state index is 0.0549. The zero-order valence-corrected chi connectivity index (χ0v) is 16.6. The summed E-state index contributed by atoms with van der Waals surface area (Å²) in [5.41, 5.74) is 0.545. The van der Waals surface area contributed by atoms with E-state index in [1.807, 2.05) is 30.3 Å². The standard InChI is InChI=1S/C20H25N3O6/c1-20(2,3)29-19(27)22-16(18(25)26)9-15-10-23(13-21-15)11-17(24)28-12-14-7-5-4-6-8-14/h4-8,10,13,16H,9,11-12H2,1-3H3,(H,22,27)(H,25,26)/t16-/m0/s1. The summed E-state index contributed by atoms with van der Waals surface area (Å²) in [6.45, 7) is 5.15. The van der Waals surface area contributed by atoms with E-state index in [0.717, 1.165) is 5.56 Å². The highest BCUT2D eigenvalue weighted by Gasteiger charge is 2.25. The van der Waals surface area contributed by atoms with E-state index in [1.165, 1.54) is 17.1 Å². The van der Waals surface area contributed by atoms with Gasteiger partial charge in [-0.05, 0) is 26.3 Å². The number of amides is 1. The number of hydrogen-bond donors (Lipinski definition) is 2. The zero-order valence-electron chi connectivity index (χ0n) is 16.6. The number of carboxylic acid groups (broad SMARTS) is 1. The second-order valence-corrected chi connectivity index (χ2v) is 7.42.